The molecule has 9 nitrogen and oxygen atoms in total. The number of aliphatic hydroxyl groups excluding tert-OH is 1. The molecule has 2 N–H and O–H groups in total. The number of halogens is 4. The number of aliphatic hydroxyl groups is 1. The molecular formula is C29H29ClF3N5O4. The maximum atomic E-state index is 13.6. The lowest BCUT2D eigenvalue weighted by atomic mass is 9.85. The number of benzene rings is 1. The number of rotatable bonds is 8. The van der Waals surface area contributed by atoms with Crippen LogP contribution in [0.1, 0.15) is 48.7 Å². The van der Waals surface area contributed by atoms with E-state index in [4.69, 9.17) is 16.3 Å². The lowest BCUT2D eigenvalue weighted by Gasteiger charge is -2.29. The van der Waals surface area contributed by atoms with Crippen molar-refractivity contribution in [2.24, 2.45) is 5.92 Å². The number of nitrogens with zero attached hydrogens (tertiary/aromatic N) is 4. The van der Waals surface area contributed by atoms with Crippen molar-refractivity contribution in [2.45, 2.75) is 57.5 Å². The number of nitrogens with one attached hydrogen (secondary N) is 1. The Labute approximate surface area is 243 Å². The molecule has 1 aromatic carbocycles. The van der Waals surface area contributed by atoms with E-state index in [-0.39, 0.29) is 29.3 Å². The van der Waals surface area contributed by atoms with E-state index in [1.165, 1.54) is 0 Å². The van der Waals surface area contributed by atoms with Gasteiger partial charge in [0.2, 0.25) is 5.88 Å². The highest BCUT2D eigenvalue weighted by atomic mass is 35.5. The molecule has 42 heavy (non-hydrogen) atoms. The van der Waals surface area contributed by atoms with Gasteiger partial charge in [-0.05, 0) is 62.8 Å². The molecule has 1 saturated carbocycles. The summed E-state index contributed by atoms with van der Waals surface area (Å²) in [4.78, 5) is 34.0. The van der Waals surface area contributed by atoms with Crippen LogP contribution in [0.2, 0.25) is 5.02 Å². The second-order valence-electron chi connectivity index (χ2n) is 10.5. The van der Waals surface area contributed by atoms with E-state index in [1.807, 2.05) is 24.3 Å². The molecule has 5 rings (SSSR count). The van der Waals surface area contributed by atoms with Gasteiger partial charge in [-0.1, -0.05) is 23.7 Å². The van der Waals surface area contributed by atoms with Crippen molar-refractivity contribution >= 4 is 28.5 Å². The average Bonchev–Trinajstić information content (AvgIpc) is 3.23. The van der Waals surface area contributed by atoms with Gasteiger partial charge < -0.3 is 15.2 Å². The van der Waals surface area contributed by atoms with Crippen LogP contribution in [0.5, 0.6) is 5.88 Å². The fraction of sp³-hybridized carbons (Fsp3) is 0.379. The summed E-state index contributed by atoms with van der Waals surface area (Å²) in [5, 5.41) is 12.1. The van der Waals surface area contributed by atoms with Crippen molar-refractivity contribution in [1.29, 1.82) is 0 Å². The highest BCUT2D eigenvalue weighted by Crippen LogP contribution is 2.32. The number of alkyl halides is 3. The Balaban J connectivity index is 1.28. The summed E-state index contributed by atoms with van der Waals surface area (Å²) in [5.41, 5.74) is -0.0443. The number of aromatic nitrogens is 4. The molecule has 0 saturated heterocycles. The minimum absolute atomic E-state index is 0.0575. The van der Waals surface area contributed by atoms with Crippen molar-refractivity contribution in [1.82, 2.24) is 24.4 Å². The Morgan fingerprint density at radius 1 is 1.12 bits per heavy atom. The standard InChI is InChI=1S/C29H29ClF3N5O4/c1-17(39)16-42-25-11-10-21(14-34-25)38-24-5-3-2-4-23(24)37(28(38)41)15-18-6-8-20(9-7-18)36-27(40)22-12-19(30)13-35-26(22)29(31,32)33/h2-5,10-14,17-18,20,39H,6-9,15-16H2,1H3,(H,36,40)/t17-,18-,20-/m0/s1. The lowest BCUT2D eigenvalue weighted by molar-refractivity contribution is -0.141. The van der Waals surface area contributed by atoms with E-state index in [2.05, 4.69) is 15.3 Å². The number of para-hydroxylation sites is 2. The molecule has 4 aromatic rings. The summed E-state index contributed by atoms with van der Waals surface area (Å²) in [6.07, 6.45) is -0.560. The van der Waals surface area contributed by atoms with Gasteiger partial charge >= 0.3 is 11.9 Å². The first-order valence-electron chi connectivity index (χ1n) is 13.5. The average molecular weight is 604 g/mol. The van der Waals surface area contributed by atoms with Crippen LogP contribution >= 0.6 is 11.6 Å². The Kier molecular flexibility index (Phi) is 8.55. The Morgan fingerprint density at radius 3 is 2.48 bits per heavy atom. The van der Waals surface area contributed by atoms with Crippen LogP contribution in [-0.2, 0) is 12.7 Å². The van der Waals surface area contributed by atoms with Crippen molar-refractivity contribution in [3.05, 3.63) is 81.6 Å². The summed E-state index contributed by atoms with van der Waals surface area (Å²) in [5.74, 6) is -0.402. The monoisotopic (exact) mass is 603 g/mol. The Bertz CT molecular complexity index is 1630. The highest BCUT2D eigenvalue weighted by Gasteiger charge is 2.38. The molecule has 13 heteroatoms. The van der Waals surface area contributed by atoms with E-state index in [1.54, 1.807) is 34.4 Å². The van der Waals surface area contributed by atoms with Crippen LogP contribution in [-0.4, -0.2) is 48.9 Å². The van der Waals surface area contributed by atoms with E-state index >= 15 is 0 Å². The first-order valence-corrected chi connectivity index (χ1v) is 13.9. The molecule has 0 bridgehead atoms. The molecule has 0 radical (unpaired) electrons. The number of carbonyl (C=O) groups is 1. The normalized spacial score (nSPS) is 18.1. The second-order valence-corrected chi connectivity index (χ2v) is 10.9. The largest absolute Gasteiger partial charge is 0.475 e. The van der Waals surface area contributed by atoms with Gasteiger partial charge in [-0.25, -0.2) is 14.8 Å². The van der Waals surface area contributed by atoms with Gasteiger partial charge in [-0.2, -0.15) is 13.2 Å². The van der Waals surface area contributed by atoms with Gasteiger partial charge in [0.05, 0.1) is 39.6 Å². The zero-order chi connectivity index (χ0) is 30.0. The summed E-state index contributed by atoms with van der Waals surface area (Å²) in [6, 6.07) is 11.5. The topological polar surface area (TPSA) is 111 Å². The quantitative estimate of drug-likeness (QED) is 0.293. The second kappa shape index (κ2) is 12.1. The maximum absolute atomic E-state index is 13.6. The zero-order valence-corrected chi connectivity index (χ0v) is 23.4. The van der Waals surface area contributed by atoms with Crippen molar-refractivity contribution in [2.75, 3.05) is 6.61 Å². The lowest BCUT2D eigenvalue weighted by Crippen LogP contribution is -2.39. The van der Waals surface area contributed by atoms with Crippen LogP contribution < -0.4 is 15.7 Å². The molecular weight excluding hydrogens is 575 g/mol. The van der Waals surface area contributed by atoms with E-state index < -0.39 is 29.4 Å². The predicted octanol–water partition coefficient (Wildman–Crippen LogP) is 5.00. The molecule has 0 spiro atoms. The molecule has 0 unspecified atom stereocenters. The number of hydrogen-bond acceptors (Lipinski definition) is 6. The van der Waals surface area contributed by atoms with Crippen molar-refractivity contribution in [3.63, 3.8) is 0 Å². The number of imidazole rings is 1. The predicted molar refractivity (Wildman–Crippen MR) is 150 cm³/mol. The SMILES string of the molecule is C[C@H](O)COc1ccc(-n2c(=O)n(C[C@H]3CC[C@H](NC(=O)c4cc(Cl)cnc4C(F)(F)F)CC3)c3ccccc32)cn1. The molecule has 3 aromatic heterocycles. The van der Waals surface area contributed by atoms with Crippen LogP contribution in [0, 0.1) is 5.92 Å². The van der Waals surface area contributed by atoms with E-state index in [0.29, 0.717) is 43.8 Å². The third-order valence-corrected chi connectivity index (χ3v) is 7.48. The molecule has 222 valence electrons. The molecule has 1 atom stereocenters. The molecule has 1 aliphatic carbocycles. The van der Waals surface area contributed by atoms with Gasteiger partial charge in [0.15, 0.2) is 5.69 Å². The number of amides is 1. The molecule has 1 fully saturated rings. The Hall–Kier alpha value is -3.90. The smallest absolute Gasteiger partial charge is 0.434 e. The molecule has 0 aliphatic heterocycles. The molecule has 1 aliphatic rings. The Morgan fingerprint density at radius 2 is 1.83 bits per heavy atom. The van der Waals surface area contributed by atoms with Crippen molar-refractivity contribution < 1.29 is 27.8 Å². The van der Waals surface area contributed by atoms with Crippen LogP contribution in [0.3, 0.4) is 0 Å². The summed E-state index contributed by atoms with van der Waals surface area (Å²) < 4.78 is 48.9. The van der Waals surface area contributed by atoms with Gasteiger partial charge in [0.1, 0.15) is 6.61 Å². The first kappa shape index (κ1) is 29.6. The summed E-state index contributed by atoms with van der Waals surface area (Å²) in [7, 11) is 0. The molecule has 1 amide bonds. The third-order valence-electron chi connectivity index (χ3n) is 7.28. The number of ether oxygens (including phenoxy) is 1. The number of pyridine rings is 2. The van der Waals surface area contributed by atoms with Gasteiger partial charge in [0, 0.05) is 24.8 Å². The fourth-order valence-electron chi connectivity index (χ4n) is 5.28. The minimum atomic E-state index is -4.79. The zero-order valence-electron chi connectivity index (χ0n) is 22.6. The first-order chi connectivity index (χ1) is 20.0. The van der Waals surface area contributed by atoms with E-state index in [9.17, 15) is 27.9 Å². The minimum Gasteiger partial charge on any atom is -0.475 e. The van der Waals surface area contributed by atoms with Crippen LogP contribution in [0.4, 0.5) is 13.2 Å². The number of carbonyl (C=O) groups excluding carboxylic acids is 1. The third kappa shape index (κ3) is 6.44. The van der Waals surface area contributed by atoms with Crippen molar-refractivity contribution in [3.8, 4) is 11.6 Å². The molecule has 3 heterocycles. The van der Waals surface area contributed by atoms with E-state index in [0.717, 1.165) is 23.3 Å². The number of fused-ring (bicyclic) bond motifs is 1. The summed E-state index contributed by atoms with van der Waals surface area (Å²) >= 11 is 5.82. The number of hydrogen-bond donors (Lipinski definition) is 2. The van der Waals surface area contributed by atoms with Crippen LogP contribution in [0.15, 0.2) is 59.7 Å². The van der Waals surface area contributed by atoms with Gasteiger partial charge in [-0.15, -0.1) is 0 Å². The van der Waals surface area contributed by atoms with Gasteiger partial charge in [0.25, 0.3) is 5.91 Å². The highest BCUT2D eigenvalue weighted by molar-refractivity contribution is 6.30. The van der Waals surface area contributed by atoms with Gasteiger partial charge in [-0.3, -0.25) is 13.9 Å². The summed E-state index contributed by atoms with van der Waals surface area (Å²) in [6.45, 7) is 2.16. The fourth-order valence-corrected chi connectivity index (χ4v) is 5.44. The van der Waals surface area contributed by atoms with Crippen LogP contribution in [0.25, 0.3) is 16.7 Å². The maximum Gasteiger partial charge on any atom is 0.434 e.